The van der Waals surface area contributed by atoms with Gasteiger partial charge in [0.15, 0.2) is 11.5 Å². The standard InChI is InChI=1S/C17H18FNO2.ClH/c18-14-5-3-13(4-6-14)15(19)7-1-12-2-8-16-17(11-12)21-10-9-20-16;/h2-6,8,11,15H,1,7,9-10,19H2;1H. The zero-order valence-corrected chi connectivity index (χ0v) is 13.0. The van der Waals surface area contributed by atoms with Gasteiger partial charge in [0.1, 0.15) is 25.1 Å². The van der Waals surface area contributed by atoms with Gasteiger partial charge in [-0.15, -0.1) is 0 Å². The lowest BCUT2D eigenvalue weighted by Gasteiger charge is -2.19. The maximum atomic E-state index is 12.9. The highest BCUT2D eigenvalue weighted by Gasteiger charge is 2.14. The van der Waals surface area contributed by atoms with Crippen molar-refractivity contribution in [3.63, 3.8) is 0 Å². The first kappa shape index (κ1) is 16.6. The van der Waals surface area contributed by atoms with E-state index in [2.05, 4.69) is 11.8 Å². The summed E-state index contributed by atoms with van der Waals surface area (Å²) in [6.07, 6.45) is 1.81. The maximum Gasteiger partial charge on any atom is 0.161 e. The molecule has 1 aliphatic heterocycles. The summed E-state index contributed by atoms with van der Waals surface area (Å²) in [5.41, 5.74) is 6.43. The van der Waals surface area contributed by atoms with Gasteiger partial charge >= 0.3 is 0 Å². The zero-order valence-electron chi connectivity index (χ0n) is 12.2. The maximum absolute atomic E-state index is 12.9. The fourth-order valence-corrected chi connectivity index (χ4v) is 2.49. The molecule has 0 bridgehead atoms. The van der Waals surface area contributed by atoms with E-state index in [1.807, 2.05) is 12.1 Å². The molecule has 3 nitrogen and oxygen atoms in total. The third kappa shape index (κ3) is 3.90. The first-order valence-corrected chi connectivity index (χ1v) is 7.19. The van der Waals surface area contributed by atoms with Crippen LogP contribution >= 0.6 is 0 Å². The van der Waals surface area contributed by atoms with Gasteiger partial charge in [0, 0.05) is 12.0 Å². The molecule has 1 unspecified atom stereocenters. The van der Waals surface area contributed by atoms with Crippen LogP contribution in [0, 0.1) is 5.82 Å². The molecule has 1 atom stereocenters. The Labute approximate surface area is 135 Å². The van der Waals surface area contributed by atoms with Gasteiger partial charge in [-0.2, -0.15) is 0 Å². The normalized spacial score (nSPS) is 14.1. The fraction of sp³-hybridized carbons (Fsp3) is 0.294. The Morgan fingerprint density at radius 3 is 2.41 bits per heavy atom. The number of ether oxygens (including phenoxy) is 2. The number of halogens is 2. The van der Waals surface area contributed by atoms with E-state index >= 15 is 0 Å². The van der Waals surface area contributed by atoms with Crippen molar-refractivity contribution >= 4 is 0 Å². The van der Waals surface area contributed by atoms with E-state index in [1.54, 1.807) is 12.1 Å². The van der Waals surface area contributed by atoms with Crippen molar-refractivity contribution in [3.05, 3.63) is 59.4 Å². The van der Waals surface area contributed by atoms with Crippen molar-refractivity contribution in [1.82, 2.24) is 0 Å². The Balaban J connectivity index is 0.00000176. The molecule has 0 amide bonds. The summed E-state index contributed by atoms with van der Waals surface area (Å²) in [4.78, 5) is 0. The van der Waals surface area contributed by atoms with Crippen molar-refractivity contribution in [2.24, 2.45) is 0 Å². The molecule has 1 aliphatic rings. The van der Waals surface area contributed by atoms with E-state index < -0.39 is 0 Å². The van der Waals surface area contributed by atoms with E-state index in [-0.39, 0.29) is 24.3 Å². The van der Waals surface area contributed by atoms with Crippen LogP contribution in [0.2, 0.25) is 0 Å². The summed E-state index contributed by atoms with van der Waals surface area (Å²) in [6, 6.07) is 12.8. The number of rotatable bonds is 4. The molecule has 3 N–H and O–H groups in total. The second-order valence-electron chi connectivity index (χ2n) is 5.27. The van der Waals surface area contributed by atoms with Crippen LogP contribution in [0.25, 0.3) is 0 Å². The Morgan fingerprint density at radius 2 is 1.68 bits per heavy atom. The predicted molar refractivity (Wildman–Crippen MR) is 77.8 cm³/mol. The lowest BCUT2D eigenvalue weighted by molar-refractivity contribution is -0.427. The predicted octanol–water partition coefficient (Wildman–Crippen LogP) is -0.483. The Kier molecular flexibility index (Phi) is 5.63. The van der Waals surface area contributed by atoms with Gasteiger partial charge in [0.25, 0.3) is 0 Å². The van der Waals surface area contributed by atoms with Crippen molar-refractivity contribution < 1.29 is 32.0 Å². The van der Waals surface area contributed by atoms with E-state index in [9.17, 15) is 4.39 Å². The SMILES string of the molecule is [Cl-].[NH3+]C(CCc1ccc2c(c1)OCCO2)c1ccc(F)cc1. The molecule has 0 saturated carbocycles. The fourth-order valence-electron chi connectivity index (χ4n) is 2.49. The van der Waals surface area contributed by atoms with Crippen LogP contribution in [0.4, 0.5) is 4.39 Å². The molecular formula is C17H19ClFNO2. The van der Waals surface area contributed by atoms with Crippen LogP contribution in [0.15, 0.2) is 42.5 Å². The van der Waals surface area contributed by atoms with E-state index in [0.29, 0.717) is 13.2 Å². The van der Waals surface area contributed by atoms with Crippen molar-refractivity contribution in [2.75, 3.05) is 13.2 Å². The monoisotopic (exact) mass is 323 g/mol. The van der Waals surface area contributed by atoms with Crippen molar-refractivity contribution in [2.45, 2.75) is 18.9 Å². The molecule has 0 saturated heterocycles. The smallest absolute Gasteiger partial charge is 0.161 e. The zero-order chi connectivity index (χ0) is 14.7. The second kappa shape index (κ2) is 7.47. The van der Waals surface area contributed by atoms with Crippen LogP contribution in [0.5, 0.6) is 11.5 Å². The minimum atomic E-state index is -0.210. The minimum Gasteiger partial charge on any atom is -1.00 e. The minimum absolute atomic E-state index is 0. The molecule has 1 heterocycles. The topological polar surface area (TPSA) is 46.1 Å². The lowest BCUT2D eigenvalue weighted by atomic mass is 9.99. The molecular weight excluding hydrogens is 305 g/mol. The number of hydrogen-bond donors (Lipinski definition) is 1. The molecule has 22 heavy (non-hydrogen) atoms. The highest BCUT2D eigenvalue weighted by molar-refractivity contribution is 5.43. The summed E-state index contributed by atoms with van der Waals surface area (Å²) in [5, 5.41) is 0. The van der Waals surface area contributed by atoms with E-state index in [4.69, 9.17) is 9.47 Å². The second-order valence-corrected chi connectivity index (χ2v) is 5.27. The summed E-state index contributed by atoms with van der Waals surface area (Å²) in [7, 11) is 0. The molecule has 5 heteroatoms. The van der Waals surface area contributed by atoms with E-state index in [1.165, 1.54) is 17.7 Å². The van der Waals surface area contributed by atoms with Gasteiger partial charge in [-0.3, -0.25) is 0 Å². The third-order valence-corrected chi connectivity index (χ3v) is 3.73. The average Bonchev–Trinajstić information content (AvgIpc) is 2.53. The van der Waals surface area contributed by atoms with Gasteiger partial charge in [-0.1, -0.05) is 18.2 Å². The summed E-state index contributed by atoms with van der Waals surface area (Å²) in [5.74, 6) is 1.42. The van der Waals surface area contributed by atoms with Gasteiger partial charge < -0.3 is 27.6 Å². The van der Waals surface area contributed by atoms with Gasteiger partial charge in [-0.05, 0) is 36.2 Å². The molecule has 0 aliphatic carbocycles. The van der Waals surface area contributed by atoms with Crippen LogP contribution in [-0.2, 0) is 6.42 Å². The first-order chi connectivity index (χ1) is 10.2. The van der Waals surface area contributed by atoms with Crippen molar-refractivity contribution in [1.29, 1.82) is 0 Å². The largest absolute Gasteiger partial charge is 1.00 e. The molecule has 0 fully saturated rings. The molecule has 3 rings (SSSR count). The number of quaternary nitrogens is 1. The Hall–Kier alpha value is -1.78. The number of benzene rings is 2. The Morgan fingerprint density at radius 1 is 1.00 bits per heavy atom. The van der Waals surface area contributed by atoms with Crippen LogP contribution in [0.3, 0.4) is 0 Å². The number of hydrogen-bond acceptors (Lipinski definition) is 2. The molecule has 2 aromatic rings. The molecule has 0 spiro atoms. The van der Waals surface area contributed by atoms with Gasteiger partial charge in [0.2, 0.25) is 0 Å². The van der Waals surface area contributed by atoms with Crippen LogP contribution in [-0.4, -0.2) is 13.2 Å². The van der Waals surface area contributed by atoms with Gasteiger partial charge in [0.05, 0.1) is 0 Å². The summed E-state index contributed by atoms with van der Waals surface area (Å²) in [6.45, 7) is 1.21. The average molecular weight is 324 g/mol. The Bertz CT molecular complexity index is 619. The molecule has 0 radical (unpaired) electrons. The van der Waals surface area contributed by atoms with E-state index in [0.717, 1.165) is 29.9 Å². The summed E-state index contributed by atoms with van der Waals surface area (Å²) >= 11 is 0. The third-order valence-electron chi connectivity index (χ3n) is 3.73. The molecule has 2 aromatic carbocycles. The first-order valence-electron chi connectivity index (χ1n) is 7.19. The highest BCUT2D eigenvalue weighted by Crippen LogP contribution is 2.31. The quantitative estimate of drug-likeness (QED) is 0.826. The lowest BCUT2D eigenvalue weighted by Crippen LogP contribution is -3.00. The summed E-state index contributed by atoms with van der Waals surface area (Å²) < 4.78 is 24.0. The molecule has 0 aromatic heterocycles. The number of fused-ring (bicyclic) bond motifs is 1. The number of aryl methyl sites for hydroxylation is 1. The molecule has 118 valence electrons. The van der Waals surface area contributed by atoms with Crippen molar-refractivity contribution in [3.8, 4) is 11.5 Å². The van der Waals surface area contributed by atoms with Crippen LogP contribution in [0.1, 0.15) is 23.6 Å². The highest BCUT2D eigenvalue weighted by atomic mass is 35.5. The van der Waals surface area contributed by atoms with Crippen LogP contribution < -0.4 is 27.6 Å². The van der Waals surface area contributed by atoms with Gasteiger partial charge in [-0.25, -0.2) is 4.39 Å².